The van der Waals surface area contributed by atoms with Gasteiger partial charge in [-0.05, 0) is 34.8 Å². The molecule has 1 saturated heterocycles. The number of hydrogen-bond acceptors (Lipinski definition) is 4. The van der Waals surface area contributed by atoms with Crippen molar-refractivity contribution in [3.63, 3.8) is 0 Å². The lowest BCUT2D eigenvalue weighted by molar-refractivity contribution is -0.385. The Morgan fingerprint density at radius 1 is 1.38 bits per heavy atom. The van der Waals surface area contributed by atoms with Crippen LogP contribution in [0.4, 0.5) is 5.69 Å². The second-order valence-corrected chi connectivity index (χ2v) is 6.70. The van der Waals surface area contributed by atoms with Crippen molar-refractivity contribution in [2.75, 3.05) is 6.61 Å². The van der Waals surface area contributed by atoms with Gasteiger partial charge >= 0.3 is 0 Å². The van der Waals surface area contributed by atoms with Crippen molar-refractivity contribution in [3.8, 4) is 5.75 Å². The minimum absolute atomic E-state index is 0.0178. The van der Waals surface area contributed by atoms with Gasteiger partial charge in [0.15, 0.2) is 0 Å². The van der Waals surface area contributed by atoms with E-state index in [1.807, 2.05) is 0 Å². The molecule has 0 bridgehead atoms. The van der Waals surface area contributed by atoms with E-state index < -0.39 is 4.92 Å². The van der Waals surface area contributed by atoms with E-state index in [9.17, 15) is 10.1 Å². The van der Waals surface area contributed by atoms with Gasteiger partial charge in [0.1, 0.15) is 11.9 Å². The number of halogens is 1. The summed E-state index contributed by atoms with van der Waals surface area (Å²) >= 11 is 3.40. The van der Waals surface area contributed by atoms with Gasteiger partial charge in [0, 0.05) is 18.9 Å². The van der Waals surface area contributed by atoms with Crippen LogP contribution in [0.1, 0.15) is 38.5 Å². The van der Waals surface area contributed by atoms with Crippen molar-refractivity contribution in [3.05, 3.63) is 32.8 Å². The molecule has 0 radical (unpaired) electrons. The second kappa shape index (κ2) is 5.93. The molecule has 1 atom stereocenters. The molecule has 1 spiro atoms. The summed E-state index contributed by atoms with van der Waals surface area (Å²) in [6.07, 6.45) is 6.40. The molecule has 1 unspecified atom stereocenters. The Morgan fingerprint density at radius 3 is 2.86 bits per heavy atom. The number of nitro benzene ring substituents is 1. The summed E-state index contributed by atoms with van der Waals surface area (Å²) in [5.41, 5.74) is 0.0340. The van der Waals surface area contributed by atoms with Crippen LogP contribution in [0, 0.1) is 10.1 Å². The highest BCUT2D eigenvalue weighted by Gasteiger charge is 2.40. The molecule has 114 valence electrons. The molecule has 3 rings (SSSR count). The van der Waals surface area contributed by atoms with Crippen LogP contribution >= 0.6 is 15.9 Å². The van der Waals surface area contributed by atoms with Crippen molar-refractivity contribution < 1.29 is 14.4 Å². The zero-order chi connectivity index (χ0) is 14.9. The second-order valence-electron chi connectivity index (χ2n) is 5.84. The minimum atomic E-state index is -0.401. The first-order valence-electron chi connectivity index (χ1n) is 7.33. The molecule has 1 aliphatic carbocycles. The molecule has 1 heterocycles. The van der Waals surface area contributed by atoms with Crippen LogP contribution < -0.4 is 4.74 Å². The number of benzene rings is 1. The largest absolute Gasteiger partial charge is 0.489 e. The highest BCUT2D eigenvalue weighted by atomic mass is 79.9. The smallest absolute Gasteiger partial charge is 0.273 e. The first kappa shape index (κ1) is 14.8. The van der Waals surface area contributed by atoms with Crippen LogP contribution in [0.15, 0.2) is 22.7 Å². The summed E-state index contributed by atoms with van der Waals surface area (Å²) < 4.78 is 12.8. The fourth-order valence-electron chi connectivity index (χ4n) is 3.33. The Labute approximate surface area is 131 Å². The molecule has 2 aliphatic rings. The zero-order valence-corrected chi connectivity index (χ0v) is 13.3. The van der Waals surface area contributed by atoms with E-state index in [0.29, 0.717) is 12.4 Å². The van der Waals surface area contributed by atoms with E-state index in [-0.39, 0.29) is 17.4 Å². The number of ether oxygens (including phenoxy) is 2. The molecule has 1 aliphatic heterocycles. The molecule has 1 aromatic carbocycles. The zero-order valence-electron chi connectivity index (χ0n) is 11.7. The maximum absolute atomic E-state index is 10.9. The Hall–Kier alpha value is -1.14. The first-order chi connectivity index (χ1) is 10.1. The van der Waals surface area contributed by atoms with Gasteiger partial charge < -0.3 is 9.47 Å². The van der Waals surface area contributed by atoms with Crippen LogP contribution in [0.25, 0.3) is 0 Å². The number of non-ortho nitro benzene ring substituents is 1. The summed E-state index contributed by atoms with van der Waals surface area (Å²) in [4.78, 5) is 10.5. The maximum Gasteiger partial charge on any atom is 0.273 e. The Morgan fingerprint density at radius 2 is 2.14 bits per heavy atom. The molecule has 1 saturated carbocycles. The Kier molecular flexibility index (Phi) is 4.17. The topological polar surface area (TPSA) is 61.6 Å². The third kappa shape index (κ3) is 3.21. The summed E-state index contributed by atoms with van der Waals surface area (Å²) in [6, 6.07) is 4.62. The van der Waals surface area contributed by atoms with E-state index in [1.165, 1.54) is 25.0 Å². The molecule has 5 nitrogen and oxygen atoms in total. The number of hydrogen-bond donors (Lipinski definition) is 0. The highest BCUT2D eigenvalue weighted by Crippen LogP contribution is 2.41. The predicted molar refractivity (Wildman–Crippen MR) is 81.6 cm³/mol. The van der Waals surface area contributed by atoms with E-state index in [2.05, 4.69) is 15.9 Å². The molecule has 0 N–H and O–H groups in total. The minimum Gasteiger partial charge on any atom is -0.489 e. The maximum atomic E-state index is 10.9. The molecule has 0 amide bonds. The summed E-state index contributed by atoms with van der Waals surface area (Å²) in [7, 11) is 0. The van der Waals surface area contributed by atoms with E-state index in [4.69, 9.17) is 9.47 Å². The monoisotopic (exact) mass is 355 g/mol. The molecule has 2 fully saturated rings. The molecule has 1 aromatic rings. The fraction of sp³-hybridized carbons (Fsp3) is 0.600. The summed E-state index contributed by atoms with van der Waals surface area (Å²) in [6.45, 7) is 0.706. The van der Waals surface area contributed by atoms with E-state index >= 15 is 0 Å². The lowest BCUT2D eigenvalue weighted by Gasteiger charge is -2.38. The normalized spacial score (nSPS) is 24.1. The van der Waals surface area contributed by atoms with E-state index in [1.54, 1.807) is 6.07 Å². The van der Waals surface area contributed by atoms with Gasteiger partial charge in [0.25, 0.3) is 5.69 Å². The van der Waals surface area contributed by atoms with Crippen LogP contribution in [0.3, 0.4) is 0 Å². The molecular weight excluding hydrogens is 338 g/mol. The van der Waals surface area contributed by atoms with Gasteiger partial charge in [0.05, 0.1) is 27.7 Å². The van der Waals surface area contributed by atoms with Gasteiger partial charge in [-0.2, -0.15) is 0 Å². The van der Waals surface area contributed by atoms with Gasteiger partial charge in [-0.15, -0.1) is 0 Å². The summed E-state index contributed by atoms with van der Waals surface area (Å²) in [5, 5.41) is 10.9. The standard InChI is InChI=1S/C15H18BrNO4/c16-13-4-3-11(17(18)19)9-14(13)21-12-5-8-20-15(10-12)6-1-2-7-15/h3-4,9,12H,1-2,5-8,10H2. The average Bonchev–Trinajstić information content (AvgIpc) is 2.89. The SMILES string of the molecule is O=[N+]([O-])c1ccc(Br)c(OC2CCOC3(CCCC3)C2)c1. The fourth-order valence-corrected chi connectivity index (χ4v) is 3.67. The van der Waals surface area contributed by atoms with Gasteiger partial charge in [-0.25, -0.2) is 0 Å². The van der Waals surface area contributed by atoms with Crippen molar-refractivity contribution in [1.82, 2.24) is 0 Å². The molecule has 6 heteroatoms. The van der Waals surface area contributed by atoms with Gasteiger partial charge in [-0.3, -0.25) is 10.1 Å². The third-order valence-electron chi connectivity index (χ3n) is 4.38. The predicted octanol–water partition coefficient (Wildman–Crippen LogP) is 4.23. The number of nitrogens with zero attached hydrogens (tertiary/aromatic N) is 1. The molecule has 21 heavy (non-hydrogen) atoms. The van der Waals surface area contributed by atoms with Crippen molar-refractivity contribution in [2.45, 2.75) is 50.2 Å². The average molecular weight is 356 g/mol. The molecule has 0 aromatic heterocycles. The first-order valence-corrected chi connectivity index (χ1v) is 8.12. The third-order valence-corrected chi connectivity index (χ3v) is 5.04. The summed E-state index contributed by atoms with van der Waals surface area (Å²) in [5.74, 6) is 0.546. The van der Waals surface area contributed by atoms with Crippen LogP contribution in [0.2, 0.25) is 0 Å². The Bertz CT molecular complexity index is 542. The lowest BCUT2D eigenvalue weighted by Crippen LogP contribution is -2.41. The number of nitro groups is 1. The highest BCUT2D eigenvalue weighted by molar-refractivity contribution is 9.10. The van der Waals surface area contributed by atoms with Crippen LogP contribution in [-0.4, -0.2) is 23.2 Å². The van der Waals surface area contributed by atoms with E-state index in [0.717, 1.165) is 30.2 Å². The van der Waals surface area contributed by atoms with Crippen molar-refractivity contribution in [2.24, 2.45) is 0 Å². The lowest BCUT2D eigenvalue weighted by atomic mass is 9.90. The Balaban J connectivity index is 1.74. The van der Waals surface area contributed by atoms with Gasteiger partial charge in [0.2, 0.25) is 0 Å². The van der Waals surface area contributed by atoms with Crippen LogP contribution in [-0.2, 0) is 4.74 Å². The van der Waals surface area contributed by atoms with Crippen molar-refractivity contribution >= 4 is 21.6 Å². The van der Waals surface area contributed by atoms with Crippen LogP contribution in [0.5, 0.6) is 5.75 Å². The molecular formula is C15H18BrNO4. The number of rotatable bonds is 3. The van der Waals surface area contributed by atoms with Crippen molar-refractivity contribution in [1.29, 1.82) is 0 Å². The quantitative estimate of drug-likeness (QED) is 0.601. The van der Waals surface area contributed by atoms with Gasteiger partial charge in [-0.1, -0.05) is 12.8 Å².